The third-order valence-corrected chi connectivity index (χ3v) is 4.55. The number of carbonyl (C=O) groups excluding carboxylic acids is 2. The fourth-order valence-corrected chi connectivity index (χ4v) is 2.84. The molecule has 2 N–H and O–H groups in total. The Kier molecular flexibility index (Phi) is 7.21. The lowest BCUT2D eigenvalue weighted by Gasteiger charge is -2.37. The highest BCUT2D eigenvalue weighted by Gasteiger charge is 2.22. The number of hydrogen-bond donors (Lipinski definition) is 2. The summed E-state index contributed by atoms with van der Waals surface area (Å²) in [5.74, 6) is -0.345. The molecule has 25 heavy (non-hydrogen) atoms. The second-order valence-corrected chi connectivity index (χ2v) is 6.47. The monoisotopic (exact) mass is 348 g/mol. The molecule has 1 saturated heterocycles. The van der Waals surface area contributed by atoms with Crippen molar-refractivity contribution in [1.29, 1.82) is 0 Å². The Bertz CT molecular complexity index is 576. The maximum atomic E-state index is 11.9. The van der Waals surface area contributed by atoms with Crippen molar-refractivity contribution in [3.8, 4) is 0 Å². The zero-order chi connectivity index (χ0) is 18.2. The molecule has 1 unspecified atom stereocenters. The van der Waals surface area contributed by atoms with Gasteiger partial charge in [-0.1, -0.05) is 12.1 Å². The maximum absolute atomic E-state index is 11.9. The molecule has 1 aliphatic rings. The van der Waals surface area contributed by atoms with E-state index in [1.807, 2.05) is 12.1 Å². The minimum absolute atomic E-state index is 0.146. The molecule has 1 atom stereocenters. The van der Waals surface area contributed by atoms with Crippen LogP contribution in [0.5, 0.6) is 0 Å². The Morgan fingerprint density at radius 3 is 2.56 bits per heavy atom. The molecule has 7 heteroatoms. The number of nitrogens with zero attached hydrogens (tertiary/aromatic N) is 2. The highest BCUT2D eigenvalue weighted by atomic mass is 16.5. The summed E-state index contributed by atoms with van der Waals surface area (Å²) in [6.45, 7) is 4.23. The van der Waals surface area contributed by atoms with Gasteiger partial charge in [0.25, 0.3) is 0 Å². The molecule has 1 aromatic rings. The van der Waals surface area contributed by atoms with Gasteiger partial charge in [-0.15, -0.1) is 0 Å². The predicted octanol–water partition coefficient (Wildman–Crippen LogP) is 0.561. The summed E-state index contributed by atoms with van der Waals surface area (Å²) in [6, 6.07) is 7.41. The van der Waals surface area contributed by atoms with Gasteiger partial charge in [0.05, 0.1) is 12.7 Å². The van der Waals surface area contributed by atoms with Crippen LogP contribution >= 0.6 is 0 Å². The molecule has 138 valence electrons. The smallest absolute Gasteiger partial charge is 0.337 e. The standard InChI is InChI=1S/C18H28N4O3/c1-21-10-11-22(2)16(13-21)12-20-18(24)19-9-8-14-4-6-15(7-5-14)17(23)25-3/h4-7,16H,8-13H2,1-3H3,(H2,19,20,24). The van der Waals surface area contributed by atoms with Gasteiger partial charge in [-0.05, 0) is 38.2 Å². The van der Waals surface area contributed by atoms with E-state index in [1.165, 1.54) is 7.11 Å². The van der Waals surface area contributed by atoms with Crippen LogP contribution in [0.2, 0.25) is 0 Å². The van der Waals surface area contributed by atoms with Crippen molar-refractivity contribution in [3.05, 3.63) is 35.4 Å². The lowest BCUT2D eigenvalue weighted by Crippen LogP contribution is -2.55. The lowest BCUT2D eigenvalue weighted by molar-refractivity contribution is 0.0600. The summed E-state index contributed by atoms with van der Waals surface area (Å²) in [5.41, 5.74) is 1.58. The fraction of sp³-hybridized carbons (Fsp3) is 0.556. The Morgan fingerprint density at radius 2 is 1.88 bits per heavy atom. The van der Waals surface area contributed by atoms with Crippen LogP contribution in [0.4, 0.5) is 4.79 Å². The molecule has 0 spiro atoms. The van der Waals surface area contributed by atoms with E-state index in [2.05, 4.69) is 39.3 Å². The number of hydrogen-bond acceptors (Lipinski definition) is 5. The van der Waals surface area contributed by atoms with Crippen LogP contribution < -0.4 is 10.6 Å². The normalized spacial score (nSPS) is 18.6. The third-order valence-electron chi connectivity index (χ3n) is 4.55. The van der Waals surface area contributed by atoms with Crippen LogP contribution in [-0.2, 0) is 11.2 Å². The molecule has 1 aromatic carbocycles. The average Bonchev–Trinajstić information content (AvgIpc) is 2.62. The highest BCUT2D eigenvalue weighted by Crippen LogP contribution is 2.06. The van der Waals surface area contributed by atoms with Gasteiger partial charge in [0.1, 0.15) is 0 Å². The summed E-state index contributed by atoms with van der Waals surface area (Å²) in [5, 5.41) is 5.81. The number of piperazine rings is 1. The van der Waals surface area contributed by atoms with Gasteiger partial charge in [0, 0.05) is 38.8 Å². The number of carbonyl (C=O) groups is 2. The van der Waals surface area contributed by atoms with Crippen LogP contribution in [0.1, 0.15) is 15.9 Å². The summed E-state index contributed by atoms with van der Waals surface area (Å²) in [4.78, 5) is 27.9. The number of urea groups is 1. The first kappa shape index (κ1) is 19.2. The summed E-state index contributed by atoms with van der Waals surface area (Å²) in [7, 11) is 5.56. The van der Waals surface area contributed by atoms with Crippen LogP contribution in [0.25, 0.3) is 0 Å². The first-order chi connectivity index (χ1) is 12.0. The Morgan fingerprint density at radius 1 is 1.16 bits per heavy atom. The fourth-order valence-electron chi connectivity index (χ4n) is 2.84. The number of nitrogens with one attached hydrogen (secondary N) is 2. The molecule has 0 radical (unpaired) electrons. The SMILES string of the molecule is COC(=O)c1ccc(CCNC(=O)NCC2CN(C)CCN2C)cc1. The van der Waals surface area contributed by atoms with Crippen molar-refractivity contribution in [1.82, 2.24) is 20.4 Å². The molecule has 2 amide bonds. The van der Waals surface area contributed by atoms with Crippen molar-refractivity contribution >= 4 is 12.0 Å². The van der Waals surface area contributed by atoms with Gasteiger partial charge in [0.15, 0.2) is 0 Å². The van der Waals surface area contributed by atoms with E-state index in [9.17, 15) is 9.59 Å². The Labute approximate surface area is 149 Å². The summed E-state index contributed by atoms with van der Waals surface area (Å²) >= 11 is 0. The minimum atomic E-state index is -0.345. The van der Waals surface area contributed by atoms with E-state index in [0.717, 1.165) is 25.2 Å². The van der Waals surface area contributed by atoms with Crippen molar-refractivity contribution in [2.75, 3.05) is 53.9 Å². The number of benzene rings is 1. The Balaban J connectivity index is 1.67. The predicted molar refractivity (Wildman–Crippen MR) is 96.8 cm³/mol. The lowest BCUT2D eigenvalue weighted by atomic mass is 10.1. The highest BCUT2D eigenvalue weighted by molar-refractivity contribution is 5.89. The largest absolute Gasteiger partial charge is 0.465 e. The first-order valence-electron chi connectivity index (χ1n) is 8.57. The zero-order valence-electron chi connectivity index (χ0n) is 15.2. The van der Waals surface area contributed by atoms with Crippen molar-refractivity contribution in [2.24, 2.45) is 0 Å². The van der Waals surface area contributed by atoms with Gasteiger partial charge >= 0.3 is 12.0 Å². The van der Waals surface area contributed by atoms with Crippen LogP contribution in [0.15, 0.2) is 24.3 Å². The van der Waals surface area contributed by atoms with Crippen molar-refractivity contribution in [3.63, 3.8) is 0 Å². The molecule has 2 rings (SSSR count). The number of rotatable bonds is 6. The first-order valence-corrected chi connectivity index (χ1v) is 8.57. The quantitative estimate of drug-likeness (QED) is 0.735. The number of amides is 2. The molecule has 0 bridgehead atoms. The van der Waals surface area contributed by atoms with E-state index in [-0.39, 0.29) is 12.0 Å². The zero-order valence-corrected chi connectivity index (χ0v) is 15.2. The molecule has 0 saturated carbocycles. The van der Waals surface area contributed by atoms with Crippen LogP contribution in [-0.4, -0.2) is 81.8 Å². The molecule has 1 aliphatic heterocycles. The van der Waals surface area contributed by atoms with E-state index < -0.39 is 0 Å². The number of esters is 1. The molecular formula is C18H28N4O3. The second-order valence-electron chi connectivity index (χ2n) is 6.47. The topological polar surface area (TPSA) is 73.9 Å². The average molecular weight is 348 g/mol. The van der Waals surface area contributed by atoms with Crippen molar-refractivity contribution < 1.29 is 14.3 Å². The molecule has 7 nitrogen and oxygen atoms in total. The van der Waals surface area contributed by atoms with Gasteiger partial charge in [-0.3, -0.25) is 4.90 Å². The van der Waals surface area contributed by atoms with E-state index in [1.54, 1.807) is 12.1 Å². The van der Waals surface area contributed by atoms with E-state index in [4.69, 9.17) is 0 Å². The van der Waals surface area contributed by atoms with Crippen molar-refractivity contribution in [2.45, 2.75) is 12.5 Å². The van der Waals surface area contributed by atoms with Gasteiger partial charge < -0.3 is 20.3 Å². The van der Waals surface area contributed by atoms with Gasteiger partial charge in [-0.25, -0.2) is 9.59 Å². The molecule has 1 fully saturated rings. The Hall–Kier alpha value is -2.12. The van der Waals surface area contributed by atoms with Gasteiger partial charge in [-0.2, -0.15) is 0 Å². The number of likely N-dealkylation sites (N-methyl/N-ethyl adjacent to an activating group) is 2. The number of ether oxygens (including phenoxy) is 1. The molecular weight excluding hydrogens is 320 g/mol. The second kappa shape index (κ2) is 9.39. The van der Waals surface area contributed by atoms with E-state index in [0.29, 0.717) is 31.1 Å². The third kappa shape index (κ3) is 6.03. The van der Waals surface area contributed by atoms with Crippen LogP contribution in [0.3, 0.4) is 0 Å². The molecule has 0 aliphatic carbocycles. The molecule has 1 heterocycles. The summed E-state index contributed by atoms with van der Waals surface area (Å²) < 4.78 is 4.67. The van der Waals surface area contributed by atoms with Gasteiger partial charge in [0.2, 0.25) is 0 Å². The number of methoxy groups -OCH3 is 1. The van der Waals surface area contributed by atoms with E-state index >= 15 is 0 Å². The maximum Gasteiger partial charge on any atom is 0.337 e. The minimum Gasteiger partial charge on any atom is -0.465 e. The van der Waals surface area contributed by atoms with Crippen LogP contribution in [0, 0.1) is 0 Å². The molecule has 0 aromatic heterocycles. The summed E-state index contributed by atoms with van der Waals surface area (Å²) in [6.07, 6.45) is 0.709.